The van der Waals surface area contributed by atoms with Crippen molar-refractivity contribution >= 4 is 11.6 Å². The van der Waals surface area contributed by atoms with Crippen LogP contribution in [0.2, 0.25) is 0 Å². The lowest BCUT2D eigenvalue weighted by Crippen LogP contribution is -2.19. The second-order valence-corrected chi connectivity index (χ2v) is 6.68. The van der Waals surface area contributed by atoms with Gasteiger partial charge in [0, 0.05) is 37.8 Å². The van der Waals surface area contributed by atoms with Gasteiger partial charge in [-0.3, -0.25) is 0 Å². The molecule has 2 aliphatic rings. The predicted molar refractivity (Wildman–Crippen MR) is 92.0 cm³/mol. The Kier molecular flexibility index (Phi) is 4.46. The Labute approximate surface area is 145 Å². The molecule has 4 rings (SSSR count). The van der Waals surface area contributed by atoms with Crippen molar-refractivity contribution in [3.05, 3.63) is 41.5 Å². The number of halogens is 2. The van der Waals surface area contributed by atoms with Gasteiger partial charge in [-0.25, -0.2) is 23.7 Å². The molecule has 2 aromatic heterocycles. The van der Waals surface area contributed by atoms with Crippen molar-refractivity contribution in [1.29, 1.82) is 0 Å². The largest absolute Gasteiger partial charge is 0.366 e. The molecule has 1 aliphatic carbocycles. The Balaban J connectivity index is 1.48. The van der Waals surface area contributed by atoms with Crippen LogP contribution in [0.25, 0.3) is 0 Å². The average Bonchev–Trinajstić information content (AvgIpc) is 3.34. The fraction of sp³-hybridized carbons (Fsp3) is 0.500. The zero-order chi connectivity index (χ0) is 17.2. The molecule has 1 N–H and O–H groups in total. The molecule has 1 saturated heterocycles. The van der Waals surface area contributed by atoms with E-state index < -0.39 is 6.43 Å². The number of pyridine rings is 1. The first-order chi connectivity index (χ1) is 12.2. The first-order valence-corrected chi connectivity index (χ1v) is 8.80. The van der Waals surface area contributed by atoms with E-state index in [2.05, 4.69) is 31.2 Å². The second kappa shape index (κ2) is 6.90. The maximum Gasteiger partial charge on any atom is 0.280 e. The van der Waals surface area contributed by atoms with Gasteiger partial charge in [0.25, 0.3) is 6.43 Å². The highest BCUT2D eigenvalue weighted by Crippen LogP contribution is 2.39. The number of aromatic nitrogens is 3. The molecular formula is C18H21F2N5. The number of alkyl halides is 2. The lowest BCUT2D eigenvalue weighted by Gasteiger charge is -2.17. The summed E-state index contributed by atoms with van der Waals surface area (Å²) < 4.78 is 26.1. The number of rotatable bonds is 6. The summed E-state index contributed by atoms with van der Waals surface area (Å²) in [5.41, 5.74) is 0.856. The molecule has 0 radical (unpaired) electrons. The van der Waals surface area contributed by atoms with Gasteiger partial charge in [-0.1, -0.05) is 0 Å². The Morgan fingerprint density at radius 1 is 1.16 bits per heavy atom. The van der Waals surface area contributed by atoms with Crippen LogP contribution in [0.15, 0.2) is 24.4 Å². The lowest BCUT2D eigenvalue weighted by atomic mass is 10.2. The topological polar surface area (TPSA) is 53.9 Å². The summed E-state index contributed by atoms with van der Waals surface area (Å²) in [6.07, 6.45) is 3.58. The zero-order valence-corrected chi connectivity index (χ0v) is 14.0. The summed E-state index contributed by atoms with van der Waals surface area (Å²) in [7, 11) is 0. The van der Waals surface area contributed by atoms with Gasteiger partial charge in [0.2, 0.25) is 0 Å². The fourth-order valence-corrected chi connectivity index (χ4v) is 3.09. The molecule has 1 aliphatic heterocycles. The van der Waals surface area contributed by atoms with Crippen LogP contribution in [0.3, 0.4) is 0 Å². The number of hydrogen-bond donors (Lipinski definition) is 1. The smallest absolute Gasteiger partial charge is 0.280 e. The van der Waals surface area contributed by atoms with Crippen LogP contribution in [0.5, 0.6) is 0 Å². The third-order valence-corrected chi connectivity index (χ3v) is 4.64. The highest BCUT2D eigenvalue weighted by molar-refractivity contribution is 5.44. The maximum atomic E-state index is 13.1. The van der Waals surface area contributed by atoms with Gasteiger partial charge in [-0.2, -0.15) is 0 Å². The molecule has 7 heteroatoms. The number of anilines is 2. The van der Waals surface area contributed by atoms with E-state index in [9.17, 15) is 8.78 Å². The predicted octanol–water partition coefficient (Wildman–Crippen LogP) is 3.90. The van der Waals surface area contributed by atoms with Crippen LogP contribution >= 0.6 is 0 Å². The molecule has 0 bridgehead atoms. The molecule has 2 fully saturated rings. The van der Waals surface area contributed by atoms with Gasteiger partial charge >= 0.3 is 0 Å². The van der Waals surface area contributed by atoms with E-state index in [0.717, 1.165) is 37.3 Å². The van der Waals surface area contributed by atoms with Crippen molar-refractivity contribution in [2.45, 2.75) is 44.6 Å². The minimum Gasteiger partial charge on any atom is -0.366 e. The van der Waals surface area contributed by atoms with E-state index in [1.807, 2.05) is 6.07 Å². The minimum absolute atomic E-state index is 0.202. The fourth-order valence-electron chi connectivity index (χ4n) is 3.09. The Bertz CT molecular complexity index is 722. The van der Waals surface area contributed by atoms with E-state index in [-0.39, 0.29) is 11.6 Å². The average molecular weight is 345 g/mol. The summed E-state index contributed by atoms with van der Waals surface area (Å²) in [5.74, 6) is 2.22. The standard InChI is InChI=1S/C18H21F2N5/c19-17(20)14-10-15(24-18(23-14)13-3-4-13)22-11-12-5-6-21-16(9-12)25-7-1-2-8-25/h5-6,9-10,13,17H,1-4,7-8,11H2,(H,22,23,24). The van der Waals surface area contributed by atoms with E-state index in [1.165, 1.54) is 18.9 Å². The number of hydrogen-bond acceptors (Lipinski definition) is 5. The van der Waals surface area contributed by atoms with Crippen molar-refractivity contribution in [2.75, 3.05) is 23.3 Å². The third-order valence-electron chi connectivity index (χ3n) is 4.64. The SMILES string of the molecule is FC(F)c1cc(NCc2ccnc(N3CCCC3)c2)nc(C2CC2)n1. The molecule has 0 spiro atoms. The molecule has 132 valence electrons. The molecule has 0 aromatic carbocycles. The number of nitrogens with one attached hydrogen (secondary N) is 1. The summed E-state index contributed by atoms with van der Waals surface area (Å²) in [5, 5.41) is 3.17. The Morgan fingerprint density at radius 2 is 1.96 bits per heavy atom. The monoisotopic (exact) mass is 345 g/mol. The van der Waals surface area contributed by atoms with Crippen molar-refractivity contribution in [2.24, 2.45) is 0 Å². The van der Waals surface area contributed by atoms with Crippen molar-refractivity contribution in [3.63, 3.8) is 0 Å². The molecule has 0 amide bonds. The van der Waals surface area contributed by atoms with Gasteiger partial charge in [0.15, 0.2) is 0 Å². The summed E-state index contributed by atoms with van der Waals surface area (Å²) >= 11 is 0. The first kappa shape index (κ1) is 16.2. The molecule has 0 atom stereocenters. The van der Waals surface area contributed by atoms with Crippen LogP contribution in [-0.2, 0) is 6.54 Å². The van der Waals surface area contributed by atoms with Crippen LogP contribution < -0.4 is 10.2 Å². The van der Waals surface area contributed by atoms with Crippen LogP contribution in [0.1, 0.15) is 55.1 Å². The maximum absolute atomic E-state index is 13.1. The van der Waals surface area contributed by atoms with Crippen molar-refractivity contribution in [3.8, 4) is 0 Å². The van der Waals surface area contributed by atoms with Crippen molar-refractivity contribution in [1.82, 2.24) is 15.0 Å². The van der Waals surface area contributed by atoms with Gasteiger partial charge in [-0.05, 0) is 43.4 Å². The molecular weight excluding hydrogens is 324 g/mol. The van der Waals surface area contributed by atoms with E-state index in [1.54, 1.807) is 6.20 Å². The molecule has 2 aromatic rings. The number of nitrogens with zero attached hydrogens (tertiary/aromatic N) is 4. The van der Waals surface area contributed by atoms with Gasteiger partial charge < -0.3 is 10.2 Å². The van der Waals surface area contributed by atoms with Crippen LogP contribution in [0, 0.1) is 0 Å². The van der Waals surface area contributed by atoms with Gasteiger partial charge in [-0.15, -0.1) is 0 Å². The lowest BCUT2D eigenvalue weighted by molar-refractivity contribution is 0.145. The summed E-state index contributed by atoms with van der Waals surface area (Å²) in [6, 6.07) is 5.33. The molecule has 5 nitrogen and oxygen atoms in total. The van der Waals surface area contributed by atoms with Crippen molar-refractivity contribution < 1.29 is 8.78 Å². The third kappa shape index (κ3) is 3.86. The van der Waals surface area contributed by atoms with Crippen LogP contribution in [-0.4, -0.2) is 28.0 Å². The quantitative estimate of drug-likeness (QED) is 0.860. The normalized spacial score (nSPS) is 17.3. The Morgan fingerprint density at radius 3 is 2.68 bits per heavy atom. The molecule has 25 heavy (non-hydrogen) atoms. The van der Waals surface area contributed by atoms with Crippen LogP contribution in [0.4, 0.5) is 20.4 Å². The molecule has 1 saturated carbocycles. The zero-order valence-electron chi connectivity index (χ0n) is 14.0. The van der Waals surface area contributed by atoms with E-state index in [4.69, 9.17) is 0 Å². The minimum atomic E-state index is -2.58. The summed E-state index contributed by atoms with van der Waals surface area (Å²) in [6.45, 7) is 2.60. The molecule has 0 unspecified atom stereocenters. The Hall–Kier alpha value is -2.31. The first-order valence-electron chi connectivity index (χ1n) is 8.80. The summed E-state index contributed by atoms with van der Waals surface area (Å²) in [4.78, 5) is 15.1. The van der Waals surface area contributed by atoms with Gasteiger partial charge in [0.05, 0.1) is 0 Å². The highest BCUT2D eigenvalue weighted by Gasteiger charge is 2.28. The van der Waals surface area contributed by atoms with E-state index in [0.29, 0.717) is 18.2 Å². The highest BCUT2D eigenvalue weighted by atomic mass is 19.3. The van der Waals surface area contributed by atoms with Gasteiger partial charge in [0.1, 0.15) is 23.2 Å². The molecule has 3 heterocycles. The van der Waals surface area contributed by atoms with E-state index >= 15 is 0 Å². The second-order valence-electron chi connectivity index (χ2n) is 6.68.